The van der Waals surface area contributed by atoms with Gasteiger partial charge in [0.2, 0.25) is 0 Å². The number of carbonyl (C=O) groups is 3. The minimum Gasteiger partial charge on any atom is -0.497 e. The second kappa shape index (κ2) is 9.24. The van der Waals surface area contributed by atoms with Crippen LogP contribution in [0.15, 0.2) is 83.5 Å². The highest BCUT2D eigenvalue weighted by molar-refractivity contribution is 6.38. The molecule has 36 heavy (non-hydrogen) atoms. The first kappa shape index (κ1) is 23.2. The lowest BCUT2D eigenvalue weighted by atomic mass is 10.1. The minimum absolute atomic E-state index is 0.0415. The van der Waals surface area contributed by atoms with Crippen molar-refractivity contribution < 1.29 is 23.5 Å². The third kappa shape index (κ3) is 4.18. The Morgan fingerprint density at radius 2 is 1.81 bits per heavy atom. The van der Waals surface area contributed by atoms with Gasteiger partial charge in [-0.1, -0.05) is 54.1 Å². The van der Waals surface area contributed by atoms with E-state index in [0.717, 1.165) is 17.0 Å². The first-order chi connectivity index (χ1) is 17.4. The van der Waals surface area contributed by atoms with Crippen LogP contribution >= 0.6 is 11.6 Å². The number of anilines is 1. The van der Waals surface area contributed by atoms with E-state index in [1.54, 1.807) is 67.8 Å². The molecule has 2 aliphatic rings. The van der Waals surface area contributed by atoms with E-state index in [-0.39, 0.29) is 33.4 Å². The van der Waals surface area contributed by atoms with Crippen molar-refractivity contribution in [2.24, 2.45) is 4.99 Å². The summed E-state index contributed by atoms with van der Waals surface area (Å²) in [5.41, 5.74) is 1.62. The molecule has 3 aromatic carbocycles. The minimum atomic E-state index is -0.797. The largest absolute Gasteiger partial charge is 0.497 e. The molecule has 3 amide bonds. The predicted octanol–water partition coefficient (Wildman–Crippen LogP) is 4.68. The fourth-order valence-electron chi connectivity index (χ4n) is 3.88. The van der Waals surface area contributed by atoms with Crippen LogP contribution in [0.4, 0.5) is 10.1 Å². The third-order valence-corrected chi connectivity index (χ3v) is 5.93. The molecular weight excluding hydrogens is 485 g/mol. The van der Waals surface area contributed by atoms with Gasteiger partial charge in [0, 0.05) is 17.2 Å². The number of benzene rings is 3. The molecule has 178 valence electrons. The highest BCUT2D eigenvalue weighted by Gasteiger charge is 2.36. The van der Waals surface area contributed by atoms with Gasteiger partial charge in [-0.2, -0.15) is 0 Å². The van der Waals surface area contributed by atoms with Crippen molar-refractivity contribution in [2.75, 3.05) is 12.4 Å². The lowest BCUT2D eigenvalue weighted by Gasteiger charge is -2.15. The van der Waals surface area contributed by atoms with Crippen molar-refractivity contribution in [1.29, 1.82) is 0 Å². The zero-order chi connectivity index (χ0) is 25.4. The number of carbonyl (C=O) groups excluding carboxylic acids is 3. The Morgan fingerprint density at radius 3 is 2.50 bits per heavy atom. The Morgan fingerprint density at radius 1 is 1.08 bits per heavy atom. The SMILES string of the molecule is COc1ccc(C=C2N=C(c3ccccc3)N(C(=O)C=C3C(=O)Nc4cc(Cl)c(F)cc43)C2=O)cc1. The summed E-state index contributed by atoms with van der Waals surface area (Å²) in [6, 6.07) is 18.0. The number of rotatable bonds is 4. The molecule has 0 saturated heterocycles. The summed E-state index contributed by atoms with van der Waals surface area (Å²) in [6.45, 7) is 0. The number of nitrogens with zero attached hydrogens (tertiary/aromatic N) is 2. The quantitative estimate of drug-likeness (QED) is 0.526. The number of amides is 3. The number of hydrogen-bond acceptors (Lipinski definition) is 5. The fourth-order valence-corrected chi connectivity index (χ4v) is 4.04. The zero-order valence-electron chi connectivity index (χ0n) is 18.8. The van der Waals surface area contributed by atoms with Gasteiger partial charge in [-0.25, -0.2) is 14.3 Å². The normalized spacial score (nSPS) is 16.9. The molecule has 0 saturated carbocycles. The first-order valence-corrected chi connectivity index (χ1v) is 11.1. The molecule has 0 unspecified atom stereocenters. The molecule has 0 atom stereocenters. The van der Waals surface area contributed by atoms with Crippen LogP contribution in [0, 0.1) is 5.82 Å². The number of halogens is 2. The van der Waals surface area contributed by atoms with Gasteiger partial charge in [-0.05, 0) is 35.9 Å². The van der Waals surface area contributed by atoms with E-state index in [9.17, 15) is 18.8 Å². The summed E-state index contributed by atoms with van der Waals surface area (Å²) in [6.07, 6.45) is 2.56. The van der Waals surface area contributed by atoms with Crippen molar-refractivity contribution in [3.63, 3.8) is 0 Å². The highest BCUT2D eigenvalue weighted by atomic mass is 35.5. The number of ether oxygens (including phenoxy) is 1. The van der Waals surface area contributed by atoms with Gasteiger partial charge in [0.15, 0.2) is 5.84 Å². The average molecular weight is 502 g/mol. The molecule has 0 radical (unpaired) electrons. The lowest BCUT2D eigenvalue weighted by molar-refractivity contribution is -0.133. The van der Waals surface area contributed by atoms with Gasteiger partial charge in [-0.3, -0.25) is 14.4 Å². The van der Waals surface area contributed by atoms with E-state index in [0.29, 0.717) is 16.9 Å². The van der Waals surface area contributed by atoms with Crippen molar-refractivity contribution in [2.45, 2.75) is 0 Å². The van der Waals surface area contributed by atoms with Crippen molar-refractivity contribution in [3.05, 3.63) is 106 Å². The Hall–Kier alpha value is -4.56. The summed E-state index contributed by atoms with van der Waals surface area (Å²) in [7, 11) is 1.55. The second-order valence-corrected chi connectivity index (χ2v) is 8.31. The summed E-state index contributed by atoms with van der Waals surface area (Å²) >= 11 is 5.81. The monoisotopic (exact) mass is 501 g/mol. The Labute approximate surface area is 210 Å². The van der Waals surface area contributed by atoms with Crippen LogP contribution in [0.2, 0.25) is 5.02 Å². The van der Waals surface area contributed by atoms with Crippen LogP contribution < -0.4 is 10.1 Å². The van der Waals surface area contributed by atoms with Crippen LogP contribution in [0.1, 0.15) is 16.7 Å². The van der Waals surface area contributed by atoms with Gasteiger partial charge < -0.3 is 10.1 Å². The fraction of sp³-hybridized carbons (Fsp3) is 0.0370. The number of methoxy groups -OCH3 is 1. The van der Waals surface area contributed by atoms with E-state index < -0.39 is 23.5 Å². The molecule has 0 aliphatic carbocycles. The number of aliphatic imine (C=N–C) groups is 1. The zero-order valence-corrected chi connectivity index (χ0v) is 19.5. The van der Waals surface area contributed by atoms with E-state index in [2.05, 4.69) is 10.3 Å². The average Bonchev–Trinajstić information content (AvgIpc) is 3.36. The number of hydrogen-bond donors (Lipinski definition) is 1. The van der Waals surface area contributed by atoms with Crippen LogP contribution in [0.25, 0.3) is 11.6 Å². The molecule has 0 fully saturated rings. The van der Waals surface area contributed by atoms with Gasteiger partial charge in [-0.15, -0.1) is 0 Å². The highest BCUT2D eigenvalue weighted by Crippen LogP contribution is 2.35. The Bertz CT molecular complexity index is 1510. The third-order valence-electron chi connectivity index (χ3n) is 5.64. The summed E-state index contributed by atoms with van der Waals surface area (Å²) in [5.74, 6) is -2.04. The standard InChI is InChI=1S/C27H17ClFN3O4/c1-36-17-9-7-15(8-10-17)11-23-27(35)32(25(30-23)16-5-3-2-4-6-16)24(33)13-19-18-12-21(29)20(28)14-22(18)31-26(19)34/h2-14H,1H3,(H,31,34). The molecule has 0 spiro atoms. The molecule has 0 aromatic heterocycles. The van der Waals surface area contributed by atoms with Crippen LogP contribution in [0.3, 0.4) is 0 Å². The predicted molar refractivity (Wildman–Crippen MR) is 134 cm³/mol. The van der Waals surface area contributed by atoms with E-state index >= 15 is 0 Å². The van der Waals surface area contributed by atoms with Crippen LogP contribution in [-0.4, -0.2) is 35.6 Å². The molecule has 2 heterocycles. The molecule has 9 heteroatoms. The Kier molecular flexibility index (Phi) is 5.95. The first-order valence-electron chi connectivity index (χ1n) is 10.8. The molecule has 1 N–H and O–H groups in total. The molecule has 2 aliphatic heterocycles. The molecule has 5 rings (SSSR count). The van der Waals surface area contributed by atoms with Crippen LogP contribution in [-0.2, 0) is 14.4 Å². The molecule has 7 nitrogen and oxygen atoms in total. The topological polar surface area (TPSA) is 88.1 Å². The number of amidine groups is 1. The maximum absolute atomic E-state index is 14.1. The van der Waals surface area contributed by atoms with E-state index in [1.807, 2.05) is 0 Å². The van der Waals surface area contributed by atoms with E-state index in [4.69, 9.17) is 16.3 Å². The summed E-state index contributed by atoms with van der Waals surface area (Å²) in [4.78, 5) is 44.6. The van der Waals surface area contributed by atoms with Crippen molar-refractivity contribution in [3.8, 4) is 5.75 Å². The smallest absolute Gasteiger partial charge is 0.285 e. The molecule has 0 bridgehead atoms. The van der Waals surface area contributed by atoms with Crippen LogP contribution in [0.5, 0.6) is 5.75 Å². The lowest BCUT2D eigenvalue weighted by Crippen LogP contribution is -2.37. The van der Waals surface area contributed by atoms with Gasteiger partial charge >= 0.3 is 0 Å². The Balaban J connectivity index is 1.55. The summed E-state index contributed by atoms with van der Waals surface area (Å²) in [5, 5.41) is 2.39. The van der Waals surface area contributed by atoms with Crippen molar-refractivity contribution >= 4 is 52.5 Å². The van der Waals surface area contributed by atoms with Gasteiger partial charge in [0.1, 0.15) is 17.3 Å². The van der Waals surface area contributed by atoms with Crippen molar-refractivity contribution in [1.82, 2.24) is 4.90 Å². The number of nitrogens with one attached hydrogen (secondary N) is 1. The van der Waals surface area contributed by atoms with Gasteiger partial charge in [0.25, 0.3) is 17.7 Å². The maximum atomic E-state index is 14.1. The molecular formula is C27H17ClFN3O4. The number of fused-ring (bicyclic) bond motifs is 1. The maximum Gasteiger partial charge on any atom is 0.285 e. The molecule has 3 aromatic rings. The number of imide groups is 1. The van der Waals surface area contributed by atoms with E-state index in [1.165, 1.54) is 6.07 Å². The van der Waals surface area contributed by atoms with Gasteiger partial charge in [0.05, 0.1) is 23.4 Å². The summed E-state index contributed by atoms with van der Waals surface area (Å²) < 4.78 is 19.2. The second-order valence-electron chi connectivity index (χ2n) is 7.91.